The Hall–Kier alpha value is -1.96. The molecule has 1 aliphatic rings. The van der Waals surface area contributed by atoms with Crippen LogP contribution in [0.2, 0.25) is 5.15 Å². The summed E-state index contributed by atoms with van der Waals surface area (Å²) in [7, 11) is 0. The van der Waals surface area contributed by atoms with E-state index < -0.39 is 36.1 Å². The highest BCUT2D eigenvalue weighted by Gasteiger charge is 2.42. The molecule has 1 atom stereocenters. The first-order valence-electron chi connectivity index (χ1n) is 8.25. The van der Waals surface area contributed by atoms with E-state index in [0.29, 0.717) is 0 Å². The fraction of sp³-hybridized carbons (Fsp3) is 0.588. The lowest BCUT2D eigenvalue weighted by atomic mass is 9.98. The van der Waals surface area contributed by atoms with Gasteiger partial charge in [0, 0.05) is 13.0 Å². The van der Waals surface area contributed by atoms with Gasteiger partial charge in [-0.15, -0.1) is 0 Å². The summed E-state index contributed by atoms with van der Waals surface area (Å²) in [6.45, 7) is 4.43. The molecule has 6 nitrogen and oxygen atoms in total. The Balaban J connectivity index is 2.10. The number of amides is 2. The van der Waals surface area contributed by atoms with Crippen molar-refractivity contribution in [3.63, 3.8) is 0 Å². The molecule has 144 valence electrons. The lowest BCUT2D eigenvalue weighted by molar-refractivity contribution is -0.0718. The van der Waals surface area contributed by atoms with Crippen LogP contribution in [0, 0.1) is 0 Å². The number of aromatic nitrogens is 1. The molecule has 2 rings (SSSR count). The van der Waals surface area contributed by atoms with Gasteiger partial charge in [-0.3, -0.25) is 4.79 Å². The average Bonchev–Trinajstić information content (AvgIpc) is 2.50. The number of pyridine rings is 1. The number of carbonyl (C=O) groups excluding carboxylic acids is 2. The molecule has 2 heterocycles. The minimum absolute atomic E-state index is 0.0112. The van der Waals surface area contributed by atoms with Gasteiger partial charge in [0.25, 0.3) is 11.8 Å². The van der Waals surface area contributed by atoms with E-state index >= 15 is 0 Å². The number of hydrogen-bond acceptors (Lipinski definition) is 4. The Bertz CT molecular complexity index is 679. The number of rotatable bonds is 3. The molecular formula is C17H22ClF2N3O3. The van der Waals surface area contributed by atoms with E-state index in [2.05, 4.69) is 10.3 Å². The number of likely N-dealkylation sites (tertiary alicyclic amines) is 1. The molecule has 9 heteroatoms. The molecular weight excluding hydrogens is 368 g/mol. The number of carbonyl (C=O) groups is 2. The molecule has 1 aromatic rings. The molecule has 0 spiro atoms. The first-order valence-corrected chi connectivity index (χ1v) is 8.63. The monoisotopic (exact) mass is 389 g/mol. The topological polar surface area (TPSA) is 71.5 Å². The number of ether oxygens (including phenoxy) is 1. The van der Waals surface area contributed by atoms with Crippen LogP contribution in [0.1, 0.15) is 44.1 Å². The maximum absolute atomic E-state index is 13.9. The Labute approximate surface area is 155 Å². The molecule has 0 unspecified atom stereocenters. The molecule has 0 saturated carbocycles. The zero-order valence-corrected chi connectivity index (χ0v) is 15.6. The van der Waals surface area contributed by atoms with Gasteiger partial charge in [0.05, 0.1) is 12.6 Å². The lowest BCUT2D eigenvalue weighted by Gasteiger charge is -2.39. The number of piperidine rings is 1. The summed E-state index contributed by atoms with van der Waals surface area (Å²) in [5.41, 5.74) is -0.693. The zero-order valence-electron chi connectivity index (χ0n) is 14.9. The van der Waals surface area contributed by atoms with Crippen molar-refractivity contribution >= 4 is 23.6 Å². The first kappa shape index (κ1) is 20.4. The predicted octanol–water partition coefficient (Wildman–Crippen LogP) is 3.50. The highest BCUT2D eigenvalue weighted by Crippen LogP contribution is 2.31. The van der Waals surface area contributed by atoms with Gasteiger partial charge in [-0.1, -0.05) is 17.7 Å². The molecule has 0 radical (unpaired) electrons. The quantitative estimate of drug-likeness (QED) is 0.803. The van der Waals surface area contributed by atoms with Gasteiger partial charge in [-0.25, -0.2) is 18.6 Å². The van der Waals surface area contributed by atoms with Crippen molar-refractivity contribution < 1.29 is 23.1 Å². The van der Waals surface area contributed by atoms with Gasteiger partial charge in [-0.05, 0) is 39.3 Å². The van der Waals surface area contributed by atoms with Crippen molar-refractivity contribution in [1.29, 1.82) is 0 Å². The van der Waals surface area contributed by atoms with E-state index in [0.717, 1.165) is 4.90 Å². The molecule has 1 fully saturated rings. The van der Waals surface area contributed by atoms with E-state index in [4.69, 9.17) is 16.3 Å². The minimum atomic E-state index is -2.99. The molecule has 1 aliphatic heterocycles. The molecule has 26 heavy (non-hydrogen) atoms. The Morgan fingerprint density at radius 1 is 1.42 bits per heavy atom. The van der Waals surface area contributed by atoms with E-state index in [1.807, 2.05) is 0 Å². The Kier molecular flexibility index (Phi) is 6.05. The van der Waals surface area contributed by atoms with Gasteiger partial charge >= 0.3 is 6.09 Å². The van der Waals surface area contributed by atoms with Crippen molar-refractivity contribution in [2.75, 3.05) is 13.1 Å². The van der Waals surface area contributed by atoms with Crippen LogP contribution in [-0.2, 0) is 4.74 Å². The summed E-state index contributed by atoms with van der Waals surface area (Å²) in [6.07, 6.45) is -0.974. The van der Waals surface area contributed by atoms with Crippen molar-refractivity contribution in [2.45, 2.75) is 51.2 Å². The maximum Gasteiger partial charge on any atom is 0.407 e. The normalized spacial score (nSPS) is 19.8. The maximum atomic E-state index is 13.9. The predicted molar refractivity (Wildman–Crippen MR) is 92.5 cm³/mol. The van der Waals surface area contributed by atoms with Crippen LogP contribution in [0.3, 0.4) is 0 Å². The summed E-state index contributed by atoms with van der Waals surface area (Å²) < 4.78 is 32.8. The van der Waals surface area contributed by atoms with E-state index in [-0.39, 0.29) is 30.2 Å². The third kappa shape index (κ3) is 5.79. The lowest BCUT2D eigenvalue weighted by Crippen LogP contribution is -2.55. The number of halogens is 3. The molecule has 0 aliphatic carbocycles. The van der Waals surface area contributed by atoms with Gasteiger partial charge in [0.1, 0.15) is 16.4 Å². The van der Waals surface area contributed by atoms with Crippen molar-refractivity contribution in [2.24, 2.45) is 0 Å². The summed E-state index contributed by atoms with van der Waals surface area (Å²) in [4.78, 5) is 29.4. The van der Waals surface area contributed by atoms with Crippen LogP contribution in [-0.4, -0.2) is 52.5 Å². The zero-order chi connectivity index (χ0) is 19.5. The van der Waals surface area contributed by atoms with Crippen LogP contribution < -0.4 is 5.32 Å². The van der Waals surface area contributed by atoms with Gasteiger partial charge < -0.3 is 15.0 Å². The standard InChI is InChI=1S/C17H22ClF2N3O3/c1-16(2,3)26-15(25)21-9-11-7-8-17(19,20)10-23(11)14(24)12-5-4-6-13(18)22-12/h4-6,11H,7-10H2,1-3H3,(H,21,25)/t11-/m1/s1. The first-order chi connectivity index (χ1) is 12.0. The van der Waals surface area contributed by atoms with Gasteiger partial charge in [0.2, 0.25) is 0 Å². The second kappa shape index (κ2) is 7.73. The van der Waals surface area contributed by atoms with Crippen LogP contribution in [0.5, 0.6) is 0 Å². The van der Waals surface area contributed by atoms with Crippen molar-refractivity contribution in [1.82, 2.24) is 15.2 Å². The highest BCUT2D eigenvalue weighted by molar-refractivity contribution is 6.29. The molecule has 0 aromatic carbocycles. The van der Waals surface area contributed by atoms with E-state index in [9.17, 15) is 18.4 Å². The largest absolute Gasteiger partial charge is 0.444 e. The second-order valence-corrected chi connectivity index (χ2v) is 7.60. The Morgan fingerprint density at radius 2 is 2.12 bits per heavy atom. The van der Waals surface area contributed by atoms with Crippen LogP contribution in [0.25, 0.3) is 0 Å². The number of nitrogens with zero attached hydrogens (tertiary/aromatic N) is 2. The van der Waals surface area contributed by atoms with Crippen molar-refractivity contribution in [3.8, 4) is 0 Å². The van der Waals surface area contributed by atoms with E-state index in [1.54, 1.807) is 20.8 Å². The summed E-state index contributed by atoms with van der Waals surface area (Å²) in [5.74, 6) is -3.64. The van der Waals surface area contributed by atoms with Gasteiger partial charge in [-0.2, -0.15) is 0 Å². The number of alkyl halides is 2. The minimum Gasteiger partial charge on any atom is -0.444 e. The van der Waals surface area contributed by atoms with Crippen LogP contribution in [0.15, 0.2) is 18.2 Å². The highest BCUT2D eigenvalue weighted by atomic mass is 35.5. The number of nitrogens with one attached hydrogen (secondary N) is 1. The third-order valence-electron chi connectivity index (χ3n) is 3.76. The third-order valence-corrected chi connectivity index (χ3v) is 3.97. The summed E-state index contributed by atoms with van der Waals surface area (Å²) in [5, 5.41) is 2.64. The smallest absolute Gasteiger partial charge is 0.407 e. The molecule has 1 aromatic heterocycles. The summed E-state index contributed by atoms with van der Waals surface area (Å²) >= 11 is 5.78. The molecule has 1 N–H and O–H groups in total. The van der Waals surface area contributed by atoms with Crippen LogP contribution in [0.4, 0.5) is 13.6 Å². The average molecular weight is 390 g/mol. The van der Waals surface area contributed by atoms with Crippen LogP contribution >= 0.6 is 11.6 Å². The second-order valence-electron chi connectivity index (χ2n) is 7.21. The summed E-state index contributed by atoms with van der Waals surface area (Å²) in [6, 6.07) is 3.85. The number of hydrogen-bond donors (Lipinski definition) is 1. The van der Waals surface area contributed by atoms with Gasteiger partial charge in [0.15, 0.2) is 0 Å². The number of alkyl carbamates (subject to hydrolysis) is 1. The SMILES string of the molecule is CC(C)(C)OC(=O)NC[C@H]1CCC(F)(F)CN1C(=O)c1cccc(Cl)n1. The molecule has 0 bridgehead atoms. The molecule has 2 amide bonds. The molecule has 1 saturated heterocycles. The fourth-order valence-electron chi connectivity index (χ4n) is 2.63. The van der Waals surface area contributed by atoms with Crippen molar-refractivity contribution in [3.05, 3.63) is 29.0 Å². The van der Waals surface area contributed by atoms with E-state index in [1.165, 1.54) is 18.2 Å². The fourth-order valence-corrected chi connectivity index (χ4v) is 2.79. The Morgan fingerprint density at radius 3 is 2.73 bits per heavy atom.